The van der Waals surface area contributed by atoms with E-state index >= 15 is 0 Å². The Bertz CT molecular complexity index is 917. The van der Waals surface area contributed by atoms with E-state index in [9.17, 15) is 19.7 Å². The number of nitro groups is 1. The van der Waals surface area contributed by atoms with Crippen molar-refractivity contribution in [2.24, 2.45) is 0 Å². The van der Waals surface area contributed by atoms with E-state index in [-0.39, 0.29) is 22.5 Å². The summed E-state index contributed by atoms with van der Waals surface area (Å²) in [4.78, 5) is 34.4. The van der Waals surface area contributed by atoms with Crippen LogP contribution in [0.15, 0.2) is 48.5 Å². The Labute approximate surface area is 172 Å². The molecular formula is C19H20N4O5S. The van der Waals surface area contributed by atoms with Crippen LogP contribution in [0.4, 0.5) is 5.69 Å². The normalized spacial score (nSPS) is 11.1. The summed E-state index contributed by atoms with van der Waals surface area (Å²) in [5, 5.41) is 13.1. The standard InChI is InChI=1S/C19H20N4O5S/c1-3-12(2)28-16-9-7-13(8-10-16)17(24)20-19(29)22-21-18(25)14-5-4-6-15(11-14)23(26)27/h4-12H,3H2,1-2H3,(H,21,25)(H2,20,22,24,29). The highest BCUT2D eigenvalue weighted by molar-refractivity contribution is 7.80. The van der Waals surface area contributed by atoms with Crippen molar-refractivity contribution in [3.8, 4) is 5.75 Å². The first-order valence-electron chi connectivity index (χ1n) is 8.73. The molecule has 2 aromatic carbocycles. The van der Waals surface area contributed by atoms with Crippen molar-refractivity contribution >= 4 is 34.8 Å². The fourth-order valence-electron chi connectivity index (χ4n) is 2.15. The molecule has 1 unspecified atom stereocenters. The van der Waals surface area contributed by atoms with E-state index in [1.165, 1.54) is 18.2 Å². The van der Waals surface area contributed by atoms with Crippen molar-refractivity contribution in [2.45, 2.75) is 26.4 Å². The van der Waals surface area contributed by atoms with Crippen molar-refractivity contribution in [3.05, 3.63) is 69.8 Å². The zero-order valence-corrected chi connectivity index (χ0v) is 16.6. The van der Waals surface area contributed by atoms with Crippen molar-refractivity contribution in [1.82, 2.24) is 16.2 Å². The van der Waals surface area contributed by atoms with Gasteiger partial charge in [-0.15, -0.1) is 0 Å². The van der Waals surface area contributed by atoms with Crippen LogP contribution in [0.2, 0.25) is 0 Å². The first-order chi connectivity index (χ1) is 13.8. The third-order valence-electron chi connectivity index (χ3n) is 3.86. The highest BCUT2D eigenvalue weighted by atomic mass is 32.1. The number of thiocarbonyl (C=S) groups is 1. The van der Waals surface area contributed by atoms with Gasteiger partial charge < -0.3 is 4.74 Å². The molecule has 10 heteroatoms. The van der Waals surface area contributed by atoms with Gasteiger partial charge in [-0.2, -0.15) is 0 Å². The van der Waals surface area contributed by atoms with E-state index < -0.39 is 16.7 Å². The number of non-ortho nitro benzene ring substituents is 1. The molecule has 2 rings (SSSR count). The molecule has 0 saturated carbocycles. The molecule has 0 aromatic heterocycles. The second kappa shape index (κ2) is 10.1. The minimum Gasteiger partial charge on any atom is -0.491 e. The molecule has 0 saturated heterocycles. The van der Waals surface area contributed by atoms with Crippen molar-refractivity contribution in [1.29, 1.82) is 0 Å². The van der Waals surface area contributed by atoms with Crippen LogP contribution in [0.3, 0.4) is 0 Å². The van der Waals surface area contributed by atoms with Crippen LogP contribution < -0.4 is 20.9 Å². The lowest BCUT2D eigenvalue weighted by Gasteiger charge is -2.13. The zero-order chi connectivity index (χ0) is 21.4. The summed E-state index contributed by atoms with van der Waals surface area (Å²) in [5.41, 5.74) is 4.86. The van der Waals surface area contributed by atoms with Crippen LogP contribution in [0.5, 0.6) is 5.75 Å². The Kier molecular flexibility index (Phi) is 7.61. The van der Waals surface area contributed by atoms with Crippen LogP contribution >= 0.6 is 12.2 Å². The third kappa shape index (κ3) is 6.54. The van der Waals surface area contributed by atoms with Crippen LogP contribution in [-0.2, 0) is 0 Å². The molecule has 1 atom stereocenters. The van der Waals surface area contributed by atoms with Gasteiger partial charge in [0.2, 0.25) is 0 Å². The summed E-state index contributed by atoms with van der Waals surface area (Å²) in [6.45, 7) is 3.96. The lowest BCUT2D eigenvalue weighted by atomic mass is 10.2. The van der Waals surface area contributed by atoms with E-state index in [4.69, 9.17) is 17.0 Å². The number of nitrogens with zero attached hydrogens (tertiary/aromatic N) is 1. The van der Waals surface area contributed by atoms with Gasteiger partial charge in [0.25, 0.3) is 17.5 Å². The van der Waals surface area contributed by atoms with Crippen molar-refractivity contribution in [2.75, 3.05) is 0 Å². The molecule has 0 aliphatic heterocycles. The summed E-state index contributed by atoms with van der Waals surface area (Å²) < 4.78 is 5.65. The Morgan fingerprint density at radius 1 is 1.10 bits per heavy atom. The molecule has 0 aliphatic rings. The number of hydrazine groups is 1. The van der Waals surface area contributed by atoms with Crippen LogP contribution in [0, 0.1) is 10.1 Å². The fraction of sp³-hybridized carbons (Fsp3) is 0.211. The second-order valence-electron chi connectivity index (χ2n) is 6.03. The van der Waals surface area contributed by atoms with Gasteiger partial charge in [0.15, 0.2) is 5.11 Å². The average molecular weight is 416 g/mol. The molecule has 0 radical (unpaired) electrons. The van der Waals surface area contributed by atoms with Gasteiger partial charge in [0.05, 0.1) is 11.0 Å². The van der Waals surface area contributed by atoms with E-state index in [1.54, 1.807) is 24.3 Å². The summed E-state index contributed by atoms with van der Waals surface area (Å²) in [7, 11) is 0. The molecule has 0 aliphatic carbocycles. The molecule has 152 valence electrons. The summed E-state index contributed by atoms with van der Waals surface area (Å²) in [6, 6.07) is 11.8. The Morgan fingerprint density at radius 2 is 1.79 bits per heavy atom. The van der Waals surface area contributed by atoms with Crippen molar-refractivity contribution in [3.63, 3.8) is 0 Å². The number of carbonyl (C=O) groups is 2. The van der Waals surface area contributed by atoms with E-state index in [1.807, 2.05) is 13.8 Å². The molecule has 2 aromatic rings. The fourth-order valence-corrected chi connectivity index (χ4v) is 2.30. The minimum atomic E-state index is -0.642. The molecule has 9 nitrogen and oxygen atoms in total. The SMILES string of the molecule is CCC(C)Oc1ccc(C(=O)NC(=S)NNC(=O)c2cccc([N+](=O)[O-])c2)cc1. The van der Waals surface area contributed by atoms with E-state index in [2.05, 4.69) is 16.2 Å². The first kappa shape index (κ1) is 21.8. The average Bonchev–Trinajstić information content (AvgIpc) is 2.72. The van der Waals surface area contributed by atoms with Crippen LogP contribution in [-0.4, -0.2) is 28.0 Å². The minimum absolute atomic E-state index is 0.0673. The third-order valence-corrected chi connectivity index (χ3v) is 4.07. The van der Waals surface area contributed by atoms with Gasteiger partial charge in [0, 0.05) is 23.3 Å². The van der Waals surface area contributed by atoms with Gasteiger partial charge in [0.1, 0.15) is 5.75 Å². The number of ether oxygens (including phenoxy) is 1. The van der Waals surface area contributed by atoms with Gasteiger partial charge in [-0.3, -0.25) is 35.9 Å². The maximum Gasteiger partial charge on any atom is 0.270 e. The monoisotopic (exact) mass is 416 g/mol. The van der Waals surface area contributed by atoms with Gasteiger partial charge >= 0.3 is 0 Å². The largest absolute Gasteiger partial charge is 0.491 e. The topological polar surface area (TPSA) is 123 Å². The first-order valence-corrected chi connectivity index (χ1v) is 9.13. The van der Waals surface area contributed by atoms with E-state index in [0.717, 1.165) is 12.5 Å². The zero-order valence-electron chi connectivity index (χ0n) is 15.8. The number of amides is 2. The quantitative estimate of drug-likeness (QED) is 0.376. The summed E-state index contributed by atoms with van der Waals surface area (Å²) >= 11 is 4.97. The number of carbonyl (C=O) groups excluding carboxylic acids is 2. The molecular weight excluding hydrogens is 396 g/mol. The number of hydrogen-bond acceptors (Lipinski definition) is 6. The molecule has 29 heavy (non-hydrogen) atoms. The number of nitro benzene ring substituents is 1. The van der Waals surface area contributed by atoms with Crippen LogP contribution in [0.1, 0.15) is 41.0 Å². The number of benzene rings is 2. The van der Waals surface area contributed by atoms with E-state index in [0.29, 0.717) is 11.3 Å². The summed E-state index contributed by atoms with van der Waals surface area (Å²) in [6.07, 6.45) is 0.936. The van der Waals surface area contributed by atoms with Crippen LogP contribution in [0.25, 0.3) is 0 Å². The Hall–Kier alpha value is -3.53. The highest BCUT2D eigenvalue weighted by Gasteiger charge is 2.13. The number of nitrogens with one attached hydrogen (secondary N) is 3. The molecule has 0 heterocycles. The number of hydrogen-bond donors (Lipinski definition) is 3. The predicted molar refractivity (Wildman–Crippen MR) is 111 cm³/mol. The molecule has 0 fully saturated rings. The lowest BCUT2D eigenvalue weighted by molar-refractivity contribution is -0.384. The molecule has 0 spiro atoms. The van der Waals surface area contributed by atoms with Gasteiger partial charge in [-0.1, -0.05) is 13.0 Å². The molecule has 0 bridgehead atoms. The predicted octanol–water partition coefficient (Wildman–Crippen LogP) is 2.72. The van der Waals surface area contributed by atoms with Crippen molar-refractivity contribution < 1.29 is 19.2 Å². The maximum absolute atomic E-state index is 12.2. The maximum atomic E-state index is 12.2. The molecule has 3 N–H and O–H groups in total. The number of rotatable bonds is 6. The Morgan fingerprint density at radius 3 is 2.41 bits per heavy atom. The highest BCUT2D eigenvalue weighted by Crippen LogP contribution is 2.15. The lowest BCUT2D eigenvalue weighted by Crippen LogP contribution is -2.48. The smallest absolute Gasteiger partial charge is 0.270 e. The van der Waals surface area contributed by atoms with Gasteiger partial charge in [-0.05, 0) is 55.9 Å². The summed E-state index contributed by atoms with van der Waals surface area (Å²) in [5.74, 6) is -0.458. The van der Waals surface area contributed by atoms with Gasteiger partial charge in [-0.25, -0.2) is 0 Å². The Balaban J connectivity index is 1.87. The second-order valence-corrected chi connectivity index (χ2v) is 6.44. The molecule has 2 amide bonds.